The molecule has 5 heteroatoms. The Morgan fingerprint density at radius 1 is 1.05 bits per heavy atom. The number of carbonyl (C=O) groups excluding carboxylic acids is 1. The molecule has 3 rings (SSSR count). The van der Waals surface area contributed by atoms with E-state index in [1.54, 1.807) is 18.3 Å². The molecule has 1 aromatic carbocycles. The van der Waals surface area contributed by atoms with Crippen molar-refractivity contribution in [3.8, 4) is 0 Å². The first-order valence-electron chi connectivity index (χ1n) is 6.11. The predicted molar refractivity (Wildman–Crippen MR) is 78.3 cm³/mol. The molecule has 1 amide bonds. The van der Waals surface area contributed by atoms with Crippen LogP contribution in [0.2, 0.25) is 0 Å². The largest absolute Gasteiger partial charge is 0.384 e. The van der Waals surface area contributed by atoms with Gasteiger partial charge in [-0.15, -0.1) is 0 Å². The van der Waals surface area contributed by atoms with Crippen LogP contribution in [0.3, 0.4) is 0 Å². The van der Waals surface area contributed by atoms with E-state index in [0.717, 1.165) is 10.8 Å². The summed E-state index contributed by atoms with van der Waals surface area (Å²) < 4.78 is 0. The fraction of sp³-hybridized carbons (Fsp3) is 0. The SMILES string of the molecule is Nc1ccc(NC(=O)c2nccc3ccccc23)cn1. The van der Waals surface area contributed by atoms with E-state index < -0.39 is 0 Å². The smallest absolute Gasteiger partial charge is 0.274 e. The maximum Gasteiger partial charge on any atom is 0.274 e. The molecule has 0 aliphatic rings. The number of hydrogen-bond acceptors (Lipinski definition) is 4. The number of amides is 1. The third kappa shape index (κ3) is 2.29. The summed E-state index contributed by atoms with van der Waals surface area (Å²) >= 11 is 0. The lowest BCUT2D eigenvalue weighted by atomic mass is 10.1. The molecule has 3 N–H and O–H groups in total. The Morgan fingerprint density at radius 2 is 1.90 bits per heavy atom. The number of nitrogens with one attached hydrogen (secondary N) is 1. The summed E-state index contributed by atoms with van der Waals surface area (Å²) in [6, 6.07) is 12.8. The van der Waals surface area contributed by atoms with E-state index in [0.29, 0.717) is 17.2 Å². The second-order valence-electron chi connectivity index (χ2n) is 4.31. The lowest BCUT2D eigenvalue weighted by Gasteiger charge is -2.07. The number of carbonyl (C=O) groups is 1. The topological polar surface area (TPSA) is 80.9 Å². The van der Waals surface area contributed by atoms with E-state index in [-0.39, 0.29) is 5.91 Å². The molecule has 0 saturated heterocycles. The third-order valence-electron chi connectivity index (χ3n) is 2.93. The Morgan fingerprint density at radius 3 is 2.70 bits per heavy atom. The van der Waals surface area contributed by atoms with E-state index in [1.807, 2.05) is 30.3 Å². The van der Waals surface area contributed by atoms with E-state index >= 15 is 0 Å². The van der Waals surface area contributed by atoms with Crippen molar-refractivity contribution in [2.24, 2.45) is 0 Å². The monoisotopic (exact) mass is 264 g/mol. The van der Waals surface area contributed by atoms with Crippen molar-refractivity contribution in [2.45, 2.75) is 0 Å². The molecule has 0 fully saturated rings. The van der Waals surface area contributed by atoms with Crippen molar-refractivity contribution >= 4 is 28.2 Å². The maximum absolute atomic E-state index is 12.3. The van der Waals surface area contributed by atoms with Crippen molar-refractivity contribution < 1.29 is 4.79 Å². The average Bonchev–Trinajstić information content (AvgIpc) is 2.49. The highest BCUT2D eigenvalue weighted by molar-refractivity contribution is 6.11. The molecule has 0 spiro atoms. The minimum atomic E-state index is -0.270. The number of nitrogens with two attached hydrogens (primary N) is 1. The molecule has 20 heavy (non-hydrogen) atoms. The highest BCUT2D eigenvalue weighted by Gasteiger charge is 2.11. The molecule has 3 aromatic rings. The van der Waals surface area contributed by atoms with Gasteiger partial charge < -0.3 is 11.1 Å². The van der Waals surface area contributed by atoms with Crippen LogP contribution in [0.1, 0.15) is 10.5 Å². The molecule has 2 heterocycles. The van der Waals surface area contributed by atoms with Crippen LogP contribution in [0.25, 0.3) is 10.8 Å². The first-order chi connectivity index (χ1) is 9.74. The van der Waals surface area contributed by atoms with Gasteiger partial charge in [-0.05, 0) is 23.6 Å². The summed E-state index contributed by atoms with van der Waals surface area (Å²) in [5, 5.41) is 4.55. The van der Waals surface area contributed by atoms with Crippen molar-refractivity contribution in [2.75, 3.05) is 11.1 Å². The van der Waals surface area contributed by atoms with Gasteiger partial charge in [0, 0.05) is 11.6 Å². The molecule has 0 bridgehead atoms. The number of hydrogen-bond donors (Lipinski definition) is 2. The van der Waals surface area contributed by atoms with Crippen LogP contribution < -0.4 is 11.1 Å². The second-order valence-corrected chi connectivity index (χ2v) is 4.31. The third-order valence-corrected chi connectivity index (χ3v) is 2.93. The predicted octanol–water partition coefficient (Wildman–Crippen LogP) is 2.46. The van der Waals surface area contributed by atoms with Crippen molar-refractivity contribution in [3.63, 3.8) is 0 Å². The number of nitrogen functional groups attached to an aromatic ring is 1. The number of rotatable bonds is 2. The average molecular weight is 264 g/mol. The standard InChI is InChI=1S/C15H12N4O/c16-13-6-5-11(9-18-13)19-15(20)14-12-4-2-1-3-10(12)7-8-17-14/h1-9H,(H2,16,18)(H,19,20). The zero-order chi connectivity index (χ0) is 13.9. The van der Waals surface area contributed by atoms with Crippen LogP contribution in [-0.4, -0.2) is 15.9 Å². The highest BCUT2D eigenvalue weighted by Crippen LogP contribution is 2.17. The lowest BCUT2D eigenvalue weighted by molar-refractivity contribution is 0.102. The summed E-state index contributed by atoms with van der Waals surface area (Å²) in [5.41, 5.74) is 6.48. The normalized spacial score (nSPS) is 10.4. The maximum atomic E-state index is 12.3. The van der Waals surface area contributed by atoms with Gasteiger partial charge in [-0.25, -0.2) is 4.98 Å². The van der Waals surface area contributed by atoms with Gasteiger partial charge in [-0.2, -0.15) is 0 Å². The fourth-order valence-corrected chi connectivity index (χ4v) is 1.97. The summed E-state index contributed by atoms with van der Waals surface area (Å²) in [7, 11) is 0. The minimum Gasteiger partial charge on any atom is -0.384 e. The Labute approximate surface area is 115 Å². The molecule has 0 radical (unpaired) electrons. The molecular weight excluding hydrogens is 252 g/mol. The van der Waals surface area contributed by atoms with Crippen LogP contribution in [0.5, 0.6) is 0 Å². The lowest BCUT2D eigenvalue weighted by Crippen LogP contribution is -2.14. The van der Waals surface area contributed by atoms with Gasteiger partial charge in [-0.1, -0.05) is 24.3 Å². The second kappa shape index (κ2) is 4.97. The summed E-state index contributed by atoms with van der Waals surface area (Å²) in [5.74, 6) is 0.139. The van der Waals surface area contributed by atoms with Crippen LogP contribution >= 0.6 is 0 Å². The van der Waals surface area contributed by atoms with Gasteiger partial charge >= 0.3 is 0 Å². The zero-order valence-corrected chi connectivity index (χ0v) is 10.6. The molecule has 0 saturated carbocycles. The van der Waals surface area contributed by atoms with Gasteiger partial charge in [0.05, 0.1) is 11.9 Å². The van der Waals surface area contributed by atoms with Crippen molar-refractivity contribution in [1.29, 1.82) is 0 Å². The molecule has 5 nitrogen and oxygen atoms in total. The Balaban J connectivity index is 1.94. The number of benzene rings is 1. The quantitative estimate of drug-likeness (QED) is 0.745. The number of fused-ring (bicyclic) bond motifs is 1. The van der Waals surface area contributed by atoms with Crippen LogP contribution in [0.15, 0.2) is 54.9 Å². The summed E-state index contributed by atoms with van der Waals surface area (Å²) in [4.78, 5) is 20.4. The minimum absolute atomic E-state index is 0.270. The van der Waals surface area contributed by atoms with Gasteiger partial charge in [0.2, 0.25) is 0 Å². The molecule has 0 aliphatic carbocycles. The van der Waals surface area contributed by atoms with Crippen LogP contribution in [-0.2, 0) is 0 Å². The van der Waals surface area contributed by atoms with Gasteiger partial charge in [0.15, 0.2) is 0 Å². The van der Waals surface area contributed by atoms with Gasteiger partial charge in [-0.3, -0.25) is 9.78 Å². The highest BCUT2D eigenvalue weighted by atomic mass is 16.1. The summed E-state index contributed by atoms with van der Waals surface area (Å²) in [6.07, 6.45) is 3.14. The number of anilines is 2. The molecule has 0 aliphatic heterocycles. The molecule has 0 atom stereocenters. The number of aromatic nitrogens is 2. The Kier molecular flexibility index (Phi) is 3.01. The number of pyridine rings is 2. The Hall–Kier alpha value is -2.95. The Bertz CT molecular complexity index is 763. The van der Waals surface area contributed by atoms with Crippen LogP contribution in [0, 0.1) is 0 Å². The van der Waals surface area contributed by atoms with Gasteiger partial charge in [0.25, 0.3) is 5.91 Å². The molecule has 0 unspecified atom stereocenters. The van der Waals surface area contributed by atoms with E-state index in [2.05, 4.69) is 15.3 Å². The zero-order valence-electron chi connectivity index (χ0n) is 10.6. The van der Waals surface area contributed by atoms with Crippen molar-refractivity contribution in [1.82, 2.24) is 9.97 Å². The first kappa shape index (κ1) is 12.1. The fourth-order valence-electron chi connectivity index (χ4n) is 1.97. The molecule has 98 valence electrons. The van der Waals surface area contributed by atoms with Crippen LogP contribution in [0.4, 0.5) is 11.5 Å². The van der Waals surface area contributed by atoms with Gasteiger partial charge in [0.1, 0.15) is 11.5 Å². The molecule has 2 aromatic heterocycles. The van der Waals surface area contributed by atoms with Crippen molar-refractivity contribution in [3.05, 3.63) is 60.6 Å². The first-order valence-corrected chi connectivity index (χ1v) is 6.11. The van der Waals surface area contributed by atoms with E-state index in [4.69, 9.17) is 5.73 Å². The number of nitrogens with zero attached hydrogens (tertiary/aromatic N) is 2. The van der Waals surface area contributed by atoms with E-state index in [9.17, 15) is 4.79 Å². The van der Waals surface area contributed by atoms with E-state index in [1.165, 1.54) is 6.20 Å². The summed E-state index contributed by atoms with van der Waals surface area (Å²) in [6.45, 7) is 0. The molecular formula is C15H12N4O.